The highest BCUT2D eigenvalue weighted by Crippen LogP contribution is 2.32. The van der Waals surface area contributed by atoms with E-state index in [1.807, 2.05) is 0 Å². The standard InChI is InChI=1S/C9H7Cl2NO2S/c1-12-5-6(10)9-7(12)3-2-4-8(9)15(11,13)14/h2-5H,1H3. The zero-order chi connectivity index (χ0) is 11.2. The van der Waals surface area contributed by atoms with Crippen molar-refractivity contribution in [2.45, 2.75) is 4.90 Å². The molecule has 0 atom stereocenters. The minimum Gasteiger partial charge on any atom is -0.349 e. The molecule has 0 saturated carbocycles. The molecule has 1 aromatic carbocycles. The summed E-state index contributed by atoms with van der Waals surface area (Å²) in [6.07, 6.45) is 1.65. The summed E-state index contributed by atoms with van der Waals surface area (Å²) in [5.41, 5.74) is 0.738. The van der Waals surface area contributed by atoms with Crippen molar-refractivity contribution in [1.29, 1.82) is 0 Å². The SMILES string of the molecule is Cn1cc(Cl)c2c(S(=O)(=O)Cl)cccc21. The maximum Gasteiger partial charge on any atom is 0.262 e. The van der Waals surface area contributed by atoms with Crippen molar-refractivity contribution in [2.75, 3.05) is 0 Å². The molecule has 0 saturated heterocycles. The summed E-state index contributed by atoms with van der Waals surface area (Å²) < 4.78 is 24.4. The van der Waals surface area contributed by atoms with Crippen molar-refractivity contribution in [3.8, 4) is 0 Å². The second-order valence-electron chi connectivity index (χ2n) is 3.18. The predicted molar refractivity (Wildman–Crippen MR) is 61.0 cm³/mol. The van der Waals surface area contributed by atoms with E-state index in [1.165, 1.54) is 6.07 Å². The summed E-state index contributed by atoms with van der Waals surface area (Å²) in [4.78, 5) is 0.0484. The minimum atomic E-state index is -3.76. The Morgan fingerprint density at radius 3 is 2.60 bits per heavy atom. The van der Waals surface area contributed by atoms with Gasteiger partial charge in [-0.15, -0.1) is 0 Å². The molecule has 15 heavy (non-hydrogen) atoms. The van der Waals surface area contributed by atoms with E-state index in [2.05, 4.69) is 0 Å². The fraction of sp³-hybridized carbons (Fsp3) is 0.111. The molecule has 0 aliphatic carbocycles. The van der Waals surface area contributed by atoms with Crippen LogP contribution in [0.3, 0.4) is 0 Å². The van der Waals surface area contributed by atoms with Crippen molar-refractivity contribution < 1.29 is 8.42 Å². The zero-order valence-corrected chi connectivity index (χ0v) is 10.1. The molecule has 80 valence electrons. The van der Waals surface area contributed by atoms with Crippen molar-refractivity contribution in [3.05, 3.63) is 29.4 Å². The van der Waals surface area contributed by atoms with Crippen LogP contribution in [-0.4, -0.2) is 13.0 Å². The van der Waals surface area contributed by atoms with Gasteiger partial charge < -0.3 is 4.57 Å². The van der Waals surface area contributed by atoms with Crippen LogP contribution in [0.5, 0.6) is 0 Å². The van der Waals surface area contributed by atoms with Crippen LogP contribution in [0.2, 0.25) is 5.02 Å². The Hall–Kier alpha value is -0.710. The lowest BCUT2D eigenvalue weighted by atomic mass is 10.2. The molecule has 0 bridgehead atoms. The Morgan fingerprint density at radius 2 is 2.00 bits per heavy atom. The Kier molecular flexibility index (Phi) is 2.45. The van der Waals surface area contributed by atoms with Gasteiger partial charge in [0.25, 0.3) is 9.05 Å². The molecule has 0 amide bonds. The molecule has 2 rings (SSSR count). The molecule has 0 aliphatic heterocycles. The van der Waals surface area contributed by atoms with E-state index in [0.717, 1.165) is 5.52 Å². The van der Waals surface area contributed by atoms with E-state index >= 15 is 0 Å². The van der Waals surface area contributed by atoms with Crippen LogP contribution in [0.15, 0.2) is 29.3 Å². The van der Waals surface area contributed by atoms with E-state index in [-0.39, 0.29) is 4.90 Å². The molecule has 3 nitrogen and oxygen atoms in total. The van der Waals surface area contributed by atoms with Gasteiger partial charge in [0.05, 0.1) is 15.4 Å². The molecule has 0 unspecified atom stereocenters. The highest BCUT2D eigenvalue weighted by atomic mass is 35.7. The molecule has 1 heterocycles. The largest absolute Gasteiger partial charge is 0.349 e. The zero-order valence-electron chi connectivity index (χ0n) is 7.74. The number of aryl methyl sites for hydroxylation is 1. The fourth-order valence-corrected chi connectivity index (χ4v) is 3.05. The molecule has 6 heteroatoms. The van der Waals surface area contributed by atoms with Gasteiger partial charge in [-0.05, 0) is 12.1 Å². The maximum absolute atomic E-state index is 11.3. The van der Waals surface area contributed by atoms with E-state index < -0.39 is 9.05 Å². The van der Waals surface area contributed by atoms with Crippen molar-refractivity contribution in [1.82, 2.24) is 4.57 Å². The number of benzene rings is 1. The molecule has 0 spiro atoms. The van der Waals surface area contributed by atoms with E-state index in [9.17, 15) is 8.42 Å². The molecule has 0 radical (unpaired) electrons. The average Bonchev–Trinajstić information content (AvgIpc) is 2.41. The first-order valence-electron chi connectivity index (χ1n) is 4.09. The Bertz CT molecular complexity index is 631. The van der Waals surface area contributed by atoms with E-state index in [4.69, 9.17) is 22.3 Å². The van der Waals surface area contributed by atoms with Gasteiger partial charge in [0.2, 0.25) is 0 Å². The minimum absolute atomic E-state index is 0.0484. The van der Waals surface area contributed by atoms with Crippen LogP contribution < -0.4 is 0 Å². The smallest absolute Gasteiger partial charge is 0.262 e. The third-order valence-corrected chi connectivity index (χ3v) is 3.84. The first-order chi connectivity index (χ1) is 6.91. The van der Waals surface area contributed by atoms with Crippen LogP contribution in [0, 0.1) is 0 Å². The van der Waals surface area contributed by atoms with Crippen molar-refractivity contribution in [3.63, 3.8) is 0 Å². The summed E-state index contributed by atoms with van der Waals surface area (Å²) in [5.74, 6) is 0. The number of aromatic nitrogens is 1. The number of fused-ring (bicyclic) bond motifs is 1. The van der Waals surface area contributed by atoms with E-state index in [0.29, 0.717) is 10.4 Å². The van der Waals surface area contributed by atoms with Crippen LogP contribution >= 0.6 is 22.3 Å². The van der Waals surface area contributed by atoms with Gasteiger partial charge in [0, 0.05) is 29.3 Å². The molecule has 2 aromatic rings. The summed E-state index contributed by atoms with van der Waals surface area (Å²) >= 11 is 5.95. The third kappa shape index (κ3) is 1.73. The maximum atomic E-state index is 11.3. The number of hydrogen-bond donors (Lipinski definition) is 0. The van der Waals surface area contributed by atoms with Gasteiger partial charge in [-0.3, -0.25) is 0 Å². The lowest BCUT2D eigenvalue weighted by molar-refractivity contribution is 0.610. The second-order valence-corrected chi connectivity index (χ2v) is 6.12. The Balaban J connectivity index is 3.00. The second kappa shape index (κ2) is 3.40. The number of nitrogens with zero attached hydrogens (tertiary/aromatic N) is 1. The Morgan fingerprint density at radius 1 is 1.33 bits per heavy atom. The third-order valence-electron chi connectivity index (χ3n) is 2.19. The molecular formula is C9H7Cl2NO2S. The lowest BCUT2D eigenvalue weighted by Gasteiger charge is -2.00. The van der Waals surface area contributed by atoms with Crippen LogP contribution in [-0.2, 0) is 16.1 Å². The molecule has 0 aliphatic rings. The summed E-state index contributed by atoms with van der Waals surface area (Å²) in [6.45, 7) is 0. The van der Waals surface area contributed by atoms with Gasteiger partial charge in [0.15, 0.2) is 0 Å². The number of halogens is 2. The van der Waals surface area contributed by atoms with Crippen LogP contribution in [0.25, 0.3) is 10.9 Å². The molecule has 0 fully saturated rings. The highest BCUT2D eigenvalue weighted by molar-refractivity contribution is 8.14. The molecule has 0 N–H and O–H groups in total. The van der Waals surface area contributed by atoms with Gasteiger partial charge in [-0.25, -0.2) is 8.42 Å². The summed E-state index contributed by atoms with van der Waals surface area (Å²) in [5, 5.41) is 0.851. The highest BCUT2D eigenvalue weighted by Gasteiger charge is 2.17. The van der Waals surface area contributed by atoms with Crippen molar-refractivity contribution in [2.24, 2.45) is 7.05 Å². The van der Waals surface area contributed by atoms with Gasteiger partial charge in [0.1, 0.15) is 0 Å². The summed E-state index contributed by atoms with van der Waals surface area (Å²) in [7, 11) is 3.35. The first-order valence-corrected chi connectivity index (χ1v) is 6.78. The van der Waals surface area contributed by atoms with Gasteiger partial charge >= 0.3 is 0 Å². The normalized spacial score (nSPS) is 12.2. The number of hydrogen-bond acceptors (Lipinski definition) is 2. The van der Waals surface area contributed by atoms with Crippen molar-refractivity contribution >= 4 is 42.2 Å². The predicted octanol–water partition coefficient (Wildman–Crippen LogP) is 2.76. The van der Waals surface area contributed by atoms with Crippen LogP contribution in [0.4, 0.5) is 0 Å². The van der Waals surface area contributed by atoms with Gasteiger partial charge in [-0.1, -0.05) is 17.7 Å². The van der Waals surface area contributed by atoms with Crippen LogP contribution in [0.1, 0.15) is 0 Å². The fourth-order valence-electron chi connectivity index (χ4n) is 1.56. The topological polar surface area (TPSA) is 39.1 Å². The van der Waals surface area contributed by atoms with E-state index in [1.54, 1.807) is 29.9 Å². The van der Waals surface area contributed by atoms with Gasteiger partial charge in [-0.2, -0.15) is 0 Å². The first kappa shape index (κ1) is 10.8. The average molecular weight is 264 g/mol. The summed E-state index contributed by atoms with van der Waals surface area (Å²) in [6, 6.07) is 4.86. The molecular weight excluding hydrogens is 257 g/mol. The quantitative estimate of drug-likeness (QED) is 0.743. The molecule has 1 aromatic heterocycles. The lowest BCUT2D eigenvalue weighted by Crippen LogP contribution is -1.92. The monoisotopic (exact) mass is 263 g/mol. The number of rotatable bonds is 1. The Labute approximate surface area is 96.6 Å².